The summed E-state index contributed by atoms with van der Waals surface area (Å²) in [6.45, 7) is 6.66. The highest BCUT2D eigenvalue weighted by molar-refractivity contribution is 5.31. The minimum absolute atomic E-state index is 0.00719. The van der Waals surface area contributed by atoms with Crippen LogP contribution in [0.1, 0.15) is 26.7 Å². The van der Waals surface area contributed by atoms with Gasteiger partial charge < -0.3 is 19.5 Å². The van der Waals surface area contributed by atoms with E-state index in [1.165, 1.54) is 0 Å². The number of nitrogens with one attached hydrogen (secondary N) is 1. The lowest BCUT2D eigenvalue weighted by molar-refractivity contribution is -0.0630. The molecule has 1 aromatic rings. The van der Waals surface area contributed by atoms with E-state index in [-0.39, 0.29) is 5.60 Å². The molecule has 1 heterocycles. The molecule has 0 aliphatic carbocycles. The van der Waals surface area contributed by atoms with Gasteiger partial charge >= 0.3 is 0 Å². The molecule has 20 heavy (non-hydrogen) atoms. The van der Waals surface area contributed by atoms with Crippen LogP contribution in [0.25, 0.3) is 0 Å². The lowest BCUT2D eigenvalue weighted by Crippen LogP contribution is -2.44. The fraction of sp³-hybridized carbons (Fsp3) is 0.625. The van der Waals surface area contributed by atoms with Crippen molar-refractivity contribution in [2.24, 2.45) is 0 Å². The third-order valence-corrected chi connectivity index (χ3v) is 3.56. The van der Waals surface area contributed by atoms with Crippen LogP contribution in [0, 0.1) is 0 Å². The molecule has 1 aromatic carbocycles. The monoisotopic (exact) mass is 279 g/mol. The number of ether oxygens (including phenoxy) is 3. The minimum Gasteiger partial charge on any atom is -0.497 e. The fourth-order valence-electron chi connectivity index (χ4n) is 2.51. The van der Waals surface area contributed by atoms with Crippen LogP contribution in [-0.4, -0.2) is 38.5 Å². The first kappa shape index (κ1) is 15.1. The Hall–Kier alpha value is -1.26. The Labute approximate surface area is 121 Å². The molecule has 4 nitrogen and oxygen atoms in total. The van der Waals surface area contributed by atoms with Gasteiger partial charge in [-0.25, -0.2) is 0 Å². The molecule has 1 fully saturated rings. The Kier molecular flexibility index (Phi) is 5.26. The summed E-state index contributed by atoms with van der Waals surface area (Å²) in [5.74, 6) is 1.72. The van der Waals surface area contributed by atoms with E-state index in [0.717, 1.165) is 37.5 Å². The van der Waals surface area contributed by atoms with Gasteiger partial charge in [-0.15, -0.1) is 0 Å². The van der Waals surface area contributed by atoms with Crippen molar-refractivity contribution in [2.75, 3.05) is 26.9 Å². The highest BCUT2D eigenvalue weighted by Crippen LogP contribution is 2.23. The summed E-state index contributed by atoms with van der Waals surface area (Å²) in [4.78, 5) is 0. The van der Waals surface area contributed by atoms with Crippen LogP contribution in [0.2, 0.25) is 0 Å². The lowest BCUT2D eigenvalue weighted by Gasteiger charge is -2.35. The van der Waals surface area contributed by atoms with Crippen molar-refractivity contribution in [1.29, 1.82) is 0 Å². The van der Waals surface area contributed by atoms with Crippen molar-refractivity contribution in [3.63, 3.8) is 0 Å². The Morgan fingerprint density at radius 3 is 2.60 bits per heavy atom. The van der Waals surface area contributed by atoms with Gasteiger partial charge in [-0.2, -0.15) is 0 Å². The molecule has 1 aliphatic heterocycles. The molecule has 4 heteroatoms. The van der Waals surface area contributed by atoms with E-state index >= 15 is 0 Å². The normalized spacial score (nSPS) is 21.4. The SMILES string of the molecule is COc1ccc(OCCNC2CCOC(C)(C)C2)cc1. The number of hydrogen-bond acceptors (Lipinski definition) is 4. The van der Waals surface area contributed by atoms with Crippen molar-refractivity contribution < 1.29 is 14.2 Å². The summed E-state index contributed by atoms with van der Waals surface area (Å²) >= 11 is 0. The van der Waals surface area contributed by atoms with Crippen LogP contribution in [0.5, 0.6) is 11.5 Å². The summed E-state index contributed by atoms with van der Waals surface area (Å²) in [6, 6.07) is 8.19. The maximum atomic E-state index is 5.71. The predicted molar refractivity (Wildman–Crippen MR) is 79.5 cm³/mol. The highest BCUT2D eigenvalue weighted by atomic mass is 16.5. The Morgan fingerprint density at radius 1 is 1.25 bits per heavy atom. The molecule has 0 aromatic heterocycles. The first-order chi connectivity index (χ1) is 9.59. The number of benzene rings is 1. The zero-order valence-electron chi connectivity index (χ0n) is 12.6. The summed E-state index contributed by atoms with van der Waals surface area (Å²) < 4.78 is 16.5. The number of methoxy groups -OCH3 is 1. The van der Waals surface area contributed by atoms with Gasteiger partial charge in [0.25, 0.3) is 0 Å². The quantitative estimate of drug-likeness (QED) is 0.813. The first-order valence-corrected chi connectivity index (χ1v) is 7.23. The Balaban J connectivity index is 1.65. The van der Waals surface area contributed by atoms with E-state index < -0.39 is 0 Å². The molecule has 1 N–H and O–H groups in total. The molecule has 112 valence electrons. The number of rotatable bonds is 6. The molecule has 0 amide bonds. The largest absolute Gasteiger partial charge is 0.497 e. The predicted octanol–water partition coefficient (Wildman–Crippen LogP) is 2.62. The van der Waals surface area contributed by atoms with Crippen molar-refractivity contribution in [1.82, 2.24) is 5.32 Å². The van der Waals surface area contributed by atoms with Crippen LogP contribution in [-0.2, 0) is 4.74 Å². The molecule has 0 radical (unpaired) electrons. The summed E-state index contributed by atoms with van der Waals surface area (Å²) in [6.07, 6.45) is 2.13. The van der Waals surface area contributed by atoms with Gasteiger partial charge in [0.15, 0.2) is 0 Å². The smallest absolute Gasteiger partial charge is 0.119 e. The molecule has 0 saturated carbocycles. The molecule has 1 aliphatic rings. The van der Waals surface area contributed by atoms with E-state index in [0.29, 0.717) is 12.6 Å². The van der Waals surface area contributed by atoms with Gasteiger partial charge in [-0.3, -0.25) is 0 Å². The molecule has 1 saturated heterocycles. The first-order valence-electron chi connectivity index (χ1n) is 7.23. The molecule has 0 spiro atoms. The molecule has 1 unspecified atom stereocenters. The third-order valence-electron chi connectivity index (χ3n) is 3.56. The van der Waals surface area contributed by atoms with Crippen LogP contribution in [0.15, 0.2) is 24.3 Å². The molecule has 1 atom stereocenters. The summed E-state index contributed by atoms with van der Waals surface area (Å²) in [7, 11) is 1.66. The van der Waals surface area contributed by atoms with E-state index in [1.807, 2.05) is 24.3 Å². The second-order valence-electron chi connectivity index (χ2n) is 5.78. The maximum Gasteiger partial charge on any atom is 0.119 e. The standard InChI is InChI=1S/C16H25NO3/c1-16(2)12-13(8-10-20-16)17-9-11-19-15-6-4-14(18-3)5-7-15/h4-7,13,17H,8-12H2,1-3H3. The van der Waals surface area contributed by atoms with Crippen molar-refractivity contribution in [2.45, 2.75) is 38.3 Å². The van der Waals surface area contributed by atoms with Gasteiger partial charge in [0.2, 0.25) is 0 Å². The molecule has 2 rings (SSSR count). The minimum atomic E-state index is -0.00719. The average Bonchev–Trinajstić information content (AvgIpc) is 2.43. The summed E-state index contributed by atoms with van der Waals surface area (Å²) in [5, 5.41) is 3.54. The average molecular weight is 279 g/mol. The van der Waals surface area contributed by atoms with E-state index in [1.54, 1.807) is 7.11 Å². The van der Waals surface area contributed by atoms with Crippen molar-refractivity contribution >= 4 is 0 Å². The topological polar surface area (TPSA) is 39.7 Å². The zero-order chi connectivity index (χ0) is 14.4. The number of hydrogen-bond donors (Lipinski definition) is 1. The van der Waals surface area contributed by atoms with Gasteiger partial charge in [0, 0.05) is 19.2 Å². The highest BCUT2D eigenvalue weighted by Gasteiger charge is 2.28. The third kappa shape index (κ3) is 4.69. The van der Waals surface area contributed by atoms with E-state index in [4.69, 9.17) is 14.2 Å². The lowest BCUT2D eigenvalue weighted by atomic mass is 9.94. The van der Waals surface area contributed by atoms with Crippen LogP contribution >= 0.6 is 0 Å². The second kappa shape index (κ2) is 6.95. The molecular formula is C16H25NO3. The zero-order valence-corrected chi connectivity index (χ0v) is 12.6. The fourth-order valence-corrected chi connectivity index (χ4v) is 2.51. The maximum absolute atomic E-state index is 5.71. The van der Waals surface area contributed by atoms with E-state index in [9.17, 15) is 0 Å². The van der Waals surface area contributed by atoms with Crippen molar-refractivity contribution in [3.05, 3.63) is 24.3 Å². The van der Waals surface area contributed by atoms with Crippen molar-refractivity contribution in [3.8, 4) is 11.5 Å². The summed E-state index contributed by atoms with van der Waals surface area (Å²) in [5.41, 5.74) is -0.00719. The molecule has 0 bridgehead atoms. The van der Waals surface area contributed by atoms with Gasteiger partial charge in [0.1, 0.15) is 18.1 Å². The van der Waals surface area contributed by atoms with E-state index in [2.05, 4.69) is 19.2 Å². The van der Waals surface area contributed by atoms with Crippen LogP contribution < -0.4 is 14.8 Å². The van der Waals surface area contributed by atoms with Gasteiger partial charge in [-0.05, 0) is 51.0 Å². The second-order valence-corrected chi connectivity index (χ2v) is 5.78. The Bertz CT molecular complexity index is 403. The molecular weight excluding hydrogens is 254 g/mol. The Morgan fingerprint density at radius 2 is 1.95 bits per heavy atom. The van der Waals surface area contributed by atoms with Crippen LogP contribution in [0.3, 0.4) is 0 Å². The van der Waals surface area contributed by atoms with Gasteiger partial charge in [-0.1, -0.05) is 0 Å². The van der Waals surface area contributed by atoms with Crippen LogP contribution in [0.4, 0.5) is 0 Å². The van der Waals surface area contributed by atoms with Gasteiger partial charge in [0.05, 0.1) is 12.7 Å².